The van der Waals surface area contributed by atoms with Crippen LogP contribution in [0, 0.1) is 0 Å². The lowest BCUT2D eigenvalue weighted by Gasteiger charge is -2.18. The van der Waals surface area contributed by atoms with Crippen LogP contribution < -0.4 is 14.8 Å². The first-order valence-corrected chi connectivity index (χ1v) is 11.4. The quantitative estimate of drug-likeness (QED) is 0.391. The van der Waals surface area contributed by atoms with E-state index >= 15 is 0 Å². The first-order chi connectivity index (χ1) is 16.1. The molecule has 0 aliphatic carbocycles. The van der Waals surface area contributed by atoms with Crippen LogP contribution in [0.2, 0.25) is 0 Å². The van der Waals surface area contributed by atoms with Gasteiger partial charge in [-0.25, -0.2) is 0 Å². The van der Waals surface area contributed by atoms with Crippen LogP contribution in [-0.4, -0.2) is 33.0 Å². The highest BCUT2D eigenvalue weighted by Crippen LogP contribution is 2.32. The lowest BCUT2D eigenvalue weighted by Crippen LogP contribution is -2.23. The number of halogens is 3. The van der Waals surface area contributed by atoms with Crippen LogP contribution >= 0.6 is 11.8 Å². The molecule has 1 amide bonds. The molecule has 1 N–H and O–H groups in total. The number of hydrogen-bond donors (Lipinski definition) is 1. The van der Waals surface area contributed by atoms with Gasteiger partial charge >= 0.3 is 6.18 Å². The van der Waals surface area contributed by atoms with Crippen molar-refractivity contribution in [1.29, 1.82) is 0 Å². The third-order valence-electron chi connectivity index (χ3n) is 4.93. The van der Waals surface area contributed by atoms with Gasteiger partial charge in [-0.05, 0) is 57.2 Å². The maximum atomic E-state index is 12.7. The molecule has 7 nitrogen and oxygen atoms in total. The number of amides is 1. The third-order valence-corrected chi connectivity index (χ3v) is 6.01. The van der Waals surface area contributed by atoms with Gasteiger partial charge < -0.3 is 19.4 Å². The smallest absolute Gasteiger partial charge is 0.416 e. The molecule has 0 saturated carbocycles. The molecule has 11 heteroatoms. The molecule has 2 aromatic carbocycles. The van der Waals surface area contributed by atoms with Gasteiger partial charge in [0.15, 0.2) is 28.6 Å². The molecule has 1 aromatic heterocycles. The second-order valence-electron chi connectivity index (χ2n) is 7.32. The Kier molecular flexibility index (Phi) is 8.08. The Bertz CT molecular complexity index is 1120. The van der Waals surface area contributed by atoms with Gasteiger partial charge in [-0.15, -0.1) is 10.2 Å². The molecule has 182 valence electrons. The Morgan fingerprint density at radius 2 is 1.74 bits per heavy atom. The molecule has 1 heterocycles. The number of methoxy groups -OCH3 is 1. The van der Waals surface area contributed by atoms with Crippen molar-refractivity contribution in [3.63, 3.8) is 0 Å². The van der Waals surface area contributed by atoms with Gasteiger partial charge in [-0.3, -0.25) is 4.79 Å². The summed E-state index contributed by atoms with van der Waals surface area (Å²) in [5.41, 5.74) is -0.497. The summed E-state index contributed by atoms with van der Waals surface area (Å²) in [5.74, 6) is 1.39. The van der Waals surface area contributed by atoms with Crippen molar-refractivity contribution in [2.24, 2.45) is 0 Å². The topological polar surface area (TPSA) is 78.3 Å². The minimum absolute atomic E-state index is 0.280. The summed E-state index contributed by atoms with van der Waals surface area (Å²) < 4.78 is 51.4. The average Bonchev–Trinajstić information content (AvgIpc) is 3.21. The van der Waals surface area contributed by atoms with E-state index in [4.69, 9.17) is 9.47 Å². The number of carbonyl (C=O) groups excluding carboxylic acids is 1. The number of ether oxygens (including phenoxy) is 2. The lowest BCUT2D eigenvalue weighted by molar-refractivity contribution is -0.137. The van der Waals surface area contributed by atoms with E-state index in [1.54, 1.807) is 26.2 Å². The Balaban J connectivity index is 1.67. The SMILES string of the molecule is CCn1c(SC(C)C(=O)Nc2ccc(C(F)(F)F)cc2)nnc1C(C)Oc1ccccc1OC. The molecule has 34 heavy (non-hydrogen) atoms. The fourth-order valence-electron chi connectivity index (χ4n) is 3.14. The number of para-hydroxylation sites is 2. The largest absolute Gasteiger partial charge is 0.493 e. The summed E-state index contributed by atoms with van der Waals surface area (Å²) in [7, 11) is 1.56. The highest BCUT2D eigenvalue weighted by atomic mass is 32.2. The number of anilines is 1. The normalized spacial score (nSPS) is 13.3. The van der Waals surface area contributed by atoms with Crippen LogP contribution in [0.5, 0.6) is 11.5 Å². The van der Waals surface area contributed by atoms with Crippen molar-refractivity contribution < 1.29 is 27.4 Å². The van der Waals surface area contributed by atoms with Crippen LogP contribution in [-0.2, 0) is 17.5 Å². The number of nitrogens with one attached hydrogen (secondary N) is 1. The van der Waals surface area contributed by atoms with Crippen molar-refractivity contribution >= 4 is 23.4 Å². The zero-order valence-electron chi connectivity index (χ0n) is 19.1. The Hall–Kier alpha value is -3.21. The van der Waals surface area contributed by atoms with E-state index in [9.17, 15) is 18.0 Å². The van der Waals surface area contributed by atoms with Gasteiger partial charge in [0.25, 0.3) is 0 Å². The standard InChI is InChI=1S/C23H25F3N4O3S/c1-5-30-20(14(2)33-19-9-7-6-8-18(19)32-4)28-29-22(30)34-15(3)21(31)27-17-12-10-16(11-13-17)23(24,25)26/h6-15H,5H2,1-4H3,(H,27,31). The van der Waals surface area contributed by atoms with Gasteiger partial charge in [0.05, 0.1) is 17.9 Å². The monoisotopic (exact) mass is 494 g/mol. The maximum absolute atomic E-state index is 12.7. The summed E-state index contributed by atoms with van der Waals surface area (Å²) in [6, 6.07) is 11.6. The van der Waals surface area contributed by atoms with Crippen molar-refractivity contribution in [3.05, 3.63) is 59.9 Å². The minimum Gasteiger partial charge on any atom is -0.493 e. The predicted molar refractivity (Wildman–Crippen MR) is 123 cm³/mol. The second-order valence-corrected chi connectivity index (χ2v) is 8.63. The molecule has 0 saturated heterocycles. The van der Waals surface area contributed by atoms with Crippen molar-refractivity contribution in [2.75, 3.05) is 12.4 Å². The van der Waals surface area contributed by atoms with Crippen LogP contribution in [0.25, 0.3) is 0 Å². The van der Waals surface area contributed by atoms with E-state index in [1.165, 1.54) is 23.9 Å². The first-order valence-electron chi connectivity index (χ1n) is 10.5. The van der Waals surface area contributed by atoms with Crippen LogP contribution in [0.3, 0.4) is 0 Å². The molecule has 2 atom stereocenters. The molecule has 0 radical (unpaired) electrons. The fourth-order valence-corrected chi connectivity index (χ4v) is 4.06. The van der Waals surface area contributed by atoms with E-state index in [2.05, 4.69) is 15.5 Å². The Morgan fingerprint density at radius 3 is 2.32 bits per heavy atom. The summed E-state index contributed by atoms with van der Waals surface area (Å²) >= 11 is 1.20. The molecular weight excluding hydrogens is 469 g/mol. The molecule has 0 aliphatic rings. The summed E-state index contributed by atoms with van der Waals surface area (Å²) in [6.45, 7) is 6.02. The molecule has 2 unspecified atom stereocenters. The van der Waals surface area contributed by atoms with Crippen LogP contribution in [0.15, 0.2) is 53.7 Å². The zero-order valence-corrected chi connectivity index (χ0v) is 19.9. The summed E-state index contributed by atoms with van der Waals surface area (Å²) in [6.07, 6.45) is -4.87. The van der Waals surface area contributed by atoms with Crippen LogP contribution in [0.1, 0.15) is 38.3 Å². The summed E-state index contributed by atoms with van der Waals surface area (Å²) in [5, 5.41) is 11.1. The van der Waals surface area contributed by atoms with E-state index in [0.29, 0.717) is 29.0 Å². The number of aromatic nitrogens is 3. The van der Waals surface area contributed by atoms with Gasteiger partial charge in [0, 0.05) is 12.2 Å². The number of rotatable bonds is 9. The highest BCUT2D eigenvalue weighted by Gasteiger charge is 2.30. The molecule has 0 bridgehead atoms. The van der Waals surface area contributed by atoms with Crippen molar-refractivity contribution in [3.8, 4) is 11.5 Å². The van der Waals surface area contributed by atoms with Crippen molar-refractivity contribution in [2.45, 2.75) is 50.0 Å². The minimum atomic E-state index is -4.43. The highest BCUT2D eigenvalue weighted by molar-refractivity contribution is 8.00. The maximum Gasteiger partial charge on any atom is 0.416 e. The number of hydrogen-bond acceptors (Lipinski definition) is 6. The van der Waals surface area contributed by atoms with Gasteiger partial charge in [0.2, 0.25) is 5.91 Å². The molecule has 0 fully saturated rings. The number of alkyl halides is 3. The van der Waals surface area contributed by atoms with E-state index in [-0.39, 0.29) is 11.6 Å². The van der Waals surface area contributed by atoms with Crippen molar-refractivity contribution in [1.82, 2.24) is 14.8 Å². The van der Waals surface area contributed by atoms with E-state index in [0.717, 1.165) is 12.1 Å². The molecule has 3 rings (SSSR count). The third kappa shape index (κ3) is 6.02. The second kappa shape index (κ2) is 10.8. The number of benzene rings is 2. The zero-order chi connectivity index (χ0) is 24.9. The average molecular weight is 495 g/mol. The van der Waals surface area contributed by atoms with Gasteiger partial charge in [0.1, 0.15) is 0 Å². The first kappa shape index (κ1) is 25.4. The Labute approximate surface area is 199 Å². The number of nitrogens with zero attached hydrogens (tertiary/aromatic N) is 3. The number of thioether (sulfide) groups is 1. The molecule has 0 spiro atoms. The molecular formula is C23H25F3N4O3S. The summed E-state index contributed by atoms with van der Waals surface area (Å²) in [4.78, 5) is 12.6. The lowest BCUT2D eigenvalue weighted by atomic mass is 10.2. The Morgan fingerprint density at radius 1 is 1.09 bits per heavy atom. The van der Waals surface area contributed by atoms with E-state index in [1.807, 2.05) is 30.5 Å². The number of carbonyl (C=O) groups is 1. The molecule has 0 aliphatic heterocycles. The predicted octanol–water partition coefficient (Wildman–Crippen LogP) is 5.58. The van der Waals surface area contributed by atoms with Gasteiger partial charge in [-0.2, -0.15) is 13.2 Å². The van der Waals surface area contributed by atoms with Crippen LogP contribution in [0.4, 0.5) is 18.9 Å². The van der Waals surface area contributed by atoms with E-state index < -0.39 is 23.1 Å². The molecule has 3 aromatic rings. The van der Waals surface area contributed by atoms with Gasteiger partial charge in [-0.1, -0.05) is 23.9 Å². The fraction of sp³-hybridized carbons (Fsp3) is 0.348.